The lowest BCUT2D eigenvalue weighted by Crippen LogP contribution is -2.38. The van der Waals surface area contributed by atoms with Crippen LogP contribution in [-0.2, 0) is 9.47 Å². The monoisotopic (exact) mass is 414 g/mol. The van der Waals surface area contributed by atoms with Gasteiger partial charge in [0.15, 0.2) is 11.4 Å². The first-order valence-electron chi connectivity index (χ1n) is 8.09. The van der Waals surface area contributed by atoms with Crippen LogP contribution in [0.3, 0.4) is 0 Å². The maximum Gasteiger partial charge on any atom is 0.407 e. The Labute approximate surface area is 155 Å². The average Bonchev–Trinajstić information content (AvgIpc) is 2.93. The molecular weight excluding hydrogens is 392 g/mol. The van der Waals surface area contributed by atoms with Gasteiger partial charge in [0.05, 0.1) is 7.11 Å². The molecule has 1 fully saturated rings. The molecule has 1 saturated carbocycles. The van der Waals surface area contributed by atoms with Gasteiger partial charge in [-0.3, -0.25) is 0 Å². The van der Waals surface area contributed by atoms with Gasteiger partial charge in [0.2, 0.25) is 0 Å². The molecule has 7 nitrogen and oxygen atoms in total. The topological polar surface area (TPSA) is 86.8 Å². The zero-order valence-corrected chi connectivity index (χ0v) is 16.4. The van der Waals surface area contributed by atoms with Gasteiger partial charge in [-0.1, -0.05) is 0 Å². The standard InChI is InChI=1S/C17H23BrN2O5/c1-17(2,3)25-16(22)19-10-5-6-11(9-10)24-12-7-8-13(18)20-14(12)15(21)23-4/h7-8,10-11H,5-6,9H2,1-4H3,(H,19,22)/t10-,11+/m0/s1. The molecule has 0 aliphatic heterocycles. The summed E-state index contributed by atoms with van der Waals surface area (Å²) in [5, 5.41) is 2.85. The maximum atomic E-state index is 11.8. The first-order chi connectivity index (χ1) is 11.7. The number of nitrogens with zero attached hydrogens (tertiary/aromatic N) is 1. The Morgan fingerprint density at radius 2 is 2.00 bits per heavy atom. The number of amides is 1. The number of carbonyl (C=O) groups excluding carboxylic acids is 2. The van der Waals surface area contributed by atoms with E-state index in [1.54, 1.807) is 12.1 Å². The summed E-state index contributed by atoms with van der Waals surface area (Å²) >= 11 is 3.23. The Hall–Kier alpha value is -1.83. The van der Waals surface area contributed by atoms with E-state index in [0.29, 0.717) is 16.8 Å². The highest BCUT2D eigenvalue weighted by molar-refractivity contribution is 9.10. The summed E-state index contributed by atoms with van der Waals surface area (Å²) in [6, 6.07) is 3.36. The number of methoxy groups -OCH3 is 1. The molecule has 1 aromatic heterocycles. The molecule has 8 heteroatoms. The summed E-state index contributed by atoms with van der Waals surface area (Å²) in [7, 11) is 1.30. The number of carbonyl (C=O) groups is 2. The number of hydrogen-bond donors (Lipinski definition) is 1. The summed E-state index contributed by atoms with van der Waals surface area (Å²) in [5.74, 6) is -0.185. The lowest BCUT2D eigenvalue weighted by molar-refractivity contribution is 0.0502. The molecule has 0 aromatic carbocycles. The average molecular weight is 415 g/mol. The van der Waals surface area contributed by atoms with Crippen LogP contribution in [0, 0.1) is 0 Å². The molecule has 1 aliphatic carbocycles. The molecule has 138 valence electrons. The van der Waals surface area contributed by atoms with Crippen LogP contribution in [0.25, 0.3) is 0 Å². The number of esters is 1. The Kier molecular flexibility index (Phi) is 6.26. The van der Waals surface area contributed by atoms with Gasteiger partial charge in [0.25, 0.3) is 0 Å². The third-order valence-corrected chi connectivity index (χ3v) is 4.04. The SMILES string of the molecule is COC(=O)c1nc(Br)ccc1O[C@@H]1CC[C@H](NC(=O)OC(C)(C)C)C1. The first kappa shape index (κ1) is 19.5. The van der Waals surface area contributed by atoms with Crippen LogP contribution in [0.2, 0.25) is 0 Å². The summed E-state index contributed by atoms with van der Waals surface area (Å²) in [5.41, 5.74) is -0.405. The molecule has 1 amide bonds. The van der Waals surface area contributed by atoms with Crippen molar-refractivity contribution in [2.75, 3.05) is 7.11 Å². The third-order valence-electron chi connectivity index (χ3n) is 3.60. The minimum absolute atomic E-state index is 0.0233. The molecule has 2 atom stereocenters. The molecule has 1 aliphatic rings. The van der Waals surface area contributed by atoms with Gasteiger partial charge in [-0.05, 0) is 61.7 Å². The molecule has 0 unspecified atom stereocenters. The minimum Gasteiger partial charge on any atom is -0.488 e. The molecular formula is C17H23BrN2O5. The van der Waals surface area contributed by atoms with Gasteiger partial charge >= 0.3 is 12.1 Å². The molecule has 1 N–H and O–H groups in total. The Bertz CT molecular complexity index is 644. The highest BCUT2D eigenvalue weighted by Gasteiger charge is 2.30. The van der Waals surface area contributed by atoms with Gasteiger partial charge in [0.1, 0.15) is 16.3 Å². The number of ether oxygens (including phenoxy) is 3. The normalized spacial score (nSPS) is 20.0. The molecule has 0 bridgehead atoms. The molecule has 25 heavy (non-hydrogen) atoms. The second kappa shape index (κ2) is 8.03. The van der Waals surface area contributed by atoms with Crippen molar-refractivity contribution in [1.82, 2.24) is 10.3 Å². The van der Waals surface area contributed by atoms with Crippen molar-refractivity contribution in [2.24, 2.45) is 0 Å². The van der Waals surface area contributed by atoms with Crippen molar-refractivity contribution < 1.29 is 23.8 Å². The van der Waals surface area contributed by atoms with Crippen molar-refractivity contribution in [2.45, 2.75) is 57.8 Å². The highest BCUT2D eigenvalue weighted by Crippen LogP contribution is 2.28. The molecule has 2 rings (SSSR count). The van der Waals surface area contributed by atoms with Crippen molar-refractivity contribution >= 4 is 28.0 Å². The third kappa shape index (κ3) is 5.88. The zero-order valence-electron chi connectivity index (χ0n) is 14.8. The van der Waals surface area contributed by atoms with E-state index < -0.39 is 17.7 Å². The van der Waals surface area contributed by atoms with Crippen LogP contribution in [0.1, 0.15) is 50.5 Å². The van der Waals surface area contributed by atoms with Crippen molar-refractivity contribution in [3.8, 4) is 5.75 Å². The minimum atomic E-state index is -0.558. The van der Waals surface area contributed by atoms with Gasteiger partial charge < -0.3 is 19.5 Å². The first-order valence-corrected chi connectivity index (χ1v) is 8.88. The zero-order chi connectivity index (χ0) is 18.6. The molecule has 0 spiro atoms. The number of pyridine rings is 1. The number of nitrogens with one attached hydrogen (secondary N) is 1. The van der Waals surface area contributed by atoms with E-state index in [-0.39, 0.29) is 17.8 Å². The van der Waals surface area contributed by atoms with Crippen LogP contribution in [-0.4, -0.2) is 41.9 Å². The van der Waals surface area contributed by atoms with E-state index >= 15 is 0 Å². The molecule has 0 saturated heterocycles. The van der Waals surface area contributed by atoms with Gasteiger partial charge in [-0.15, -0.1) is 0 Å². The van der Waals surface area contributed by atoms with Gasteiger partial charge in [-0.2, -0.15) is 0 Å². The Morgan fingerprint density at radius 3 is 2.64 bits per heavy atom. The number of hydrogen-bond acceptors (Lipinski definition) is 6. The quantitative estimate of drug-likeness (QED) is 0.599. The lowest BCUT2D eigenvalue weighted by Gasteiger charge is -2.22. The van der Waals surface area contributed by atoms with E-state index in [0.717, 1.165) is 12.8 Å². The molecule has 1 heterocycles. The predicted molar refractivity (Wildman–Crippen MR) is 94.7 cm³/mol. The van der Waals surface area contributed by atoms with E-state index in [2.05, 4.69) is 26.2 Å². The fraction of sp³-hybridized carbons (Fsp3) is 0.588. The molecule has 1 aromatic rings. The van der Waals surface area contributed by atoms with Crippen molar-refractivity contribution in [1.29, 1.82) is 0 Å². The van der Waals surface area contributed by atoms with E-state index in [4.69, 9.17) is 14.2 Å². The number of rotatable bonds is 4. The van der Waals surface area contributed by atoms with Crippen LogP contribution < -0.4 is 10.1 Å². The molecule has 0 radical (unpaired) electrons. The number of aromatic nitrogens is 1. The number of alkyl carbamates (subject to hydrolysis) is 1. The largest absolute Gasteiger partial charge is 0.488 e. The summed E-state index contributed by atoms with van der Waals surface area (Å²) in [6.07, 6.45) is 1.62. The van der Waals surface area contributed by atoms with Crippen LogP contribution in [0.15, 0.2) is 16.7 Å². The van der Waals surface area contributed by atoms with Crippen molar-refractivity contribution in [3.63, 3.8) is 0 Å². The smallest absolute Gasteiger partial charge is 0.407 e. The van der Waals surface area contributed by atoms with Gasteiger partial charge in [0, 0.05) is 12.5 Å². The fourth-order valence-electron chi connectivity index (χ4n) is 2.59. The highest BCUT2D eigenvalue weighted by atomic mass is 79.9. The van der Waals surface area contributed by atoms with E-state index in [9.17, 15) is 9.59 Å². The summed E-state index contributed by atoms with van der Waals surface area (Å²) < 4.78 is 16.4. The fourth-order valence-corrected chi connectivity index (χ4v) is 2.90. The second-order valence-electron chi connectivity index (χ2n) is 6.87. The van der Waals surface area contributed by atoms with Crippen LogP contribution >= 0.6 is 15.9 Å². The Balaban J connectivity index is 1.95. The van der Waals surface area contributed by atoms with E-state index in [1.165, 1.54) is 7.11 Å². The summed E-state index contributed by atoms with van der Waals surface area (Å²) in [4.78, 5) is 27.8. The maximum absolute atomic E-state index is 11.8. The Morgan fingerprint density at radius 1 is 1.28 bits per heavy atom. The summed E-state index contributed by atoms with van der Waals surface area (Å²) in [6.45, 7) is 5.46. The van der Waals surface area contributed by atoms with Crippen LogP contribution in [0.5, 0.6) is 5.75 Å². The van der Waals surface area contributed by atoms with Crippen LogP contribution in [0.4, 0.5) is 4.79 Å². The number of halogens is 1. The van der Waals surface area contributed by atoms with E-state index in [1.807, 2.05) is 20.8 Å². The van der Waals surface area contributed by atoms with Crippen molar-refractivity contribution in [3.05, 3.63) is 22.4 Å². The second-order valence-corrected chi connectivity index (χ2v) is 7.68. The lowest BCUT2D eigenvalue weighted by atomic mass is 10.2. The van der Waals surface area contributed by atoms with Gasteiger partial charge in [-0.25, -0.2) is 14.6 Å². The predicted octanol–water partition coefficient (Wildman–Crippen LogP) is 3.46.